The summed E-state index contributed by atoms with van der Waals surface area (Å²) < 4.78 is 50.4. The van der Waals surface area contributed by atoms with E-state index < -0.39 is 40.2 Å². The molecule has 178 valence electrons. The topological polar surface area (TPSA) is 105 Å². The van der Waals surface area contributed by atoms with E-state index in [9.17, 15) is 22.4 Å². The van der Waals surface area contributed by atoms with E-state index in [4.69, 9.17) is 9.47 Å². The predicted molar refractivity (Wildman–Crippen MR) is 120 cm³/mol. The zero-order valence-electron chi connectivity index (χ0n) is 18.6. The van der Waals surface area contributed by atoms with Crippen LogP contribution in [0.2, 0.25) is 0 Å². The van der Waals surface area contributed by atoms with E-state index in [0.29, 0.717) is 30.3 Å². The summed E-state index contributed by atoms with van der Waals surface area (Å²) >= 11 is 0. The van der Waals surface area contributed by atoms with E-state index in [1.807, 2.05) is 0 Å². The number of likely N-dealkylation sites (N-methyl/N-ethyl adjacent to an activating group) is 1. The lowest BCUT2D eigenvalue weighted by atomic mass is 10.1. The minimum absolute atomic E-state index is 0.00750. The fourth-order valence-electron chi connectivity index (χ4n) is 3.38. The number of sulfonamides is 1. The molecule has 0 bridgehead atoms. The highest BCUT2D eigenvalue weighted by Crippen LogP contribution is 2.34. The lowest BCUT2D eigenvalue weighted by Crippen LogP contribution is -2.50. The molecule has 2 aromatic rings. The summed E-state index contributed by atoms with van der Waals surface area (Å²) in [5.41, 5.74) is 0.815. The highest BCUT2D eigenvalue weighted by atomic mass is 32.2. The van der Waals surface area contributed by atoms with Crippen molar-refractivity contribution in [3.05, 3.63) is 53.8 Å². The minimum atomic E-state index is -3.86. The Labute approximate surface area is 192 Å². The number of fused-ring (bicyclic) bond motifs is 1. The molecule has 0 fully saturated rings. The third-order valence-electron chi connectivity index (χ3n) is 5.17. The van der Waals surface area contributed by atoms with Gasteiger partial charge in [-0.15, -0.1) is 0 Å². The van der Waals surface area contributed by atoms with Crippen molar-refractivity contribution in [1.82, 2.24) is 10.2 Å². The molecule has 1 aliphatic heterocycles. The van der Waals surface area contributed by atoms with E-state index in [0.717, 1.165) is 10.6 Å². The molecule has 11 heteroatoms. The highest BCUT2D eigenvalue weighted by molar-refractivity contribution is 7.92. The van der Waals surface area contributed by atoms with Crippen molar-refractivity contribution in [3.63, 3.8) is 0 Å². The monoisotopic (exact) mass is 479 g/mol. The first-order valence-corrected chi connectivity index (χ1v) is 12.1. The zero-order chi connectivity index (χ0) is 24.2. The average molecular weight is 480 g/mol. The Balaban J connectivity index is 1.91. The number of nitrogens with one attached hydrogen (secondary N) is 1. The first kappa shape index (κ1) is 24.3. The number of carbonyl (C=O) groups is 2. The molecule has 0 spiro atoms. The summed E-state index contributed by atoms with van der Waals surface area (Å²) in [5, 5.41) is 2.49. The molecule has 0 radical (unpaired) electrons. The second kappa shape index (κ2) is 10.1. The van der Waals surface area contributed by atoms with Crippen molar-refractivity contribution >= 4 is 27.5 Å². The van der Waals surface area contributed by atoms with Crippen LogP contribution < -0.4 is 19.1 Å². The summed E-state index contributed by atoms with van der Waals surface area (Å²) in [5.74, 6) is -0.595. The van der Waals surface area contributed by atoms with Gasteiger partial charge in [0, 0.05) is 19.7 Å². The number of anilines is 1. The highest BCUT2D eigenvalue weighted by Gasteiger charge is 2.30. The van der Waals surface area contributed by atoms with E-state index in [1.165, 1.54) is 55.3 Å². The Morgan fingerprint density at radius 3 is 2.33 bits per heavy atom. The zero-order valence-corrected chi connectivity index (χ0v) is 19.4. The van der Waals surface area contributed by atoms with E-state index in [2.05, 4.69) is 5.32 Å². The molecule has 0 saturated carbocycles. The second-order valence-corrected chi connectivity index (χ2v) is 9.44. The molecular formula is C22H26FN3O6S. The van der Waals surface area contributed by atoms with E-state index in [-0.39, 0.29) is 12.2 Å². The Bertz CT molecular complexity index is 1120. The molecule has 0 aromatic heterocycles. The molecule has 1 aliphatic rings. The number of carbonyl (C=O) groups excluding carboxylic acids is 2. The molecular weight excluding hydrogens is 453 g/mol. The molecule has 33 heavy (non-hydrogen) atoms. The van der Waals surface area contributed by atoms with Crippen LogP contribution in [-0.2, 0) is 26.2 Å². The number of hydrogen-bond acceptors (Lipinski definition) is 6. The number of nitrogens with zero attached hydrogens (tertiary/aromatic N) is 2. The number of rotatable bonds is 8. The predicted octanol–water partition coefficient (Wildman–Crippen LogP) is 1.53. The molecule has 2 amide bonds. The van der Waals surface area contributed by atoms with Crippen molar-refractivity contribution in [1.29, 1.82) is 0 Å². The van der Waals surface area contributed by atoms with Crippen LogP contribution >= 0.6 is 0 Å². The Morgan fingerprint density at radius 2 is 1.73 bits per heavy atom. The van der Waals surface area contributed by atoms with Gasteiger partial charge in [-0.2, -0.15) is 0 Å². The van der Waals surface area contributed by atoms with Crippen molar-refractivity contribution in [3.8, 4) is 11.5 Å². The maximum Gasteiger partial charge on any atom is 0.244 e. The van der Waals surface area contributed by atoms with Crippen LogP contribution in [0.15, 0.2) is 42.5 Å². The van der Waals surface area contributed by atoms with Crippen LogP contribution in [0.3, 0.4) is 0 Å². The lowest BCUT2D eigenvalue weighted by Gasteiger charge is -2.31. The van der Waals surface area contributed by atoms with Crippen LogP contribution in [0.5, 0.6) is 11.5 Å². The van der Waals surface area contributed by atoms with Gasteiger partial charge in [0.2, 0.25) is 21.8 Å². The quantitative estimate of drug-likeness (QED) is 0.616. The van der Waals surface area contributed by atoms with Crippen LogP contribution in [0.25, 0.3) is 0 Å². The molecule has 3 rings (SSSR count). The van der Waals surface area contributed by atoms with Gasteiger partial charge in [0.1, 0.15) is 31.6 Å². The van der Waals surface area contributed by atoms with Gasteiger partial charge in [0.05, 0.1) is 11.9 Å². The first-order chi connectivity index (χ1) is 15.6. The van der Waals surface area contributed by atoms with Gasteiger partial charge in [-0.25, -0.2) is 12.8 Å². The van der Waals surface area contributed by atoms with Gasteiger partial charge in [-0.05, 0) is 36.8 Å². The fourth-order valence-corrected chi connectivity index (χ4v) is 4.22. The number of halogens is 1. The summed E-state index contributed by atoms with van der Waals surface area (Å²) in [4.78, 5) is 26.8. The van der Waals surface area contributed by atoms with Crippen molar-refractivity contribution in [2.24, 2.45) is 0 Å². The van der Waals surface area contributed by atoms with E-state index >= 15 is 0 Å². The van der Waals surface area contributed by atoms with E-state index in [1.54, 1.807) is 6.07 Å². The molecule has 2 aromatic carbocycles. The number of amides is 2. The maximum absolute atomic E-state index is 13.3. The molecule has 1 N–H and O–H groups in total. The lowest BCUT2D eigenvalue weighted by molar-refractivity contribution is -0.139. The van der Waals surface area contributed by atoms with Crippen LogP contribution in [0, 0.1) is 5.82 Å². The number of ether oxygens (including phenoxy) is 2. The fraction of sp³-hybridized carbons (Fsp3) is 0.364. The van der Waals surface area contributed by atoms with Gasteiger partial charge in [0.15, 0.2) is 11.5 Å². The van der Waals surface area contributed by atoms with Crippen LogP contribution in [-0.4, -0.2) is 64.2 Å². The second-order valence-electron chi connectivity index (χ2n) is 7.54. The van der Waals surface area contributed by atoms with Crippen molar-refractivity contribution < 1.29 is 31.9 Å². The SMILES string of the molecule is CNC(=O)[C@H](C)N(Cc1ccc(F)cc1)C(=O)CN(c1ccc2c(c1)OCCO2)S(C)(=O)=O. The molecule has 9 nitrogen and oxygen atoms in total. The largest absolute Gasteiger partial charge is 0.486 e. The summed E-state index contributed by atoms with van der Waals surface area (Å²) in [6.07, 6.45) is 0.990. The maximum atomic E-state index is 13.3. The third kappa shape index (κ3) is 5.92. The summed E-state index contributed by atoms with van der Waals surface area (Å²) in [7, 11) is -2.42. The molecule has 0 aliphatic carbocycles. The van der Waals surface area contributed by atoms with Gasteiger partial charge in [-0.1, -0.05) is 12.1 Å². The minimum Gasteiger partial charge on any atom is -0.486 e. The van der Waals surface area contributed by atoms with Gasteiger partial charge in [0.25, 0.3) is 0 Å². The van der Waals surface area contributed by atoms with Crippen molar-refractivity contribution in [2.75, 3.05) is 37.4 Å². The molecule has 1 heterocycles. The average Bonchev–Trinajstić information content (AvgIpc) is 2.80. The molecule has 1 atom stereocenters. The van der Waals surface area contributed by atoms with Crippen LogP contribution in [0.1, 0.15) is 12.5 Å². The summed E-state index contributed by atoms with van der Waals surface area (Å²) in [6, 6.07) is 9.21. The summed E-state index contributed by atoms with van der Waals surface area (Å²) in [6.45, 7) is 1.70. The van der Waals surface area contributed by atoms with Crippen molar-refractivity contribution in [2.45, 2.75) is 19.5 Å². The smallest absolute Gasteiger partial charge is 0.244 e. The first-order valence-electron chi connectivity index (χ1n) is 10.2. The molecule has 0 saturated heterocycles. The standard InChI is InChI=1S/C22H26FN3O6S/c1-15(22(28)24-2)25(13-16-4-6-17(23)7-5-16)21(27)14-26(33(3,29)30)18-8-9-19-20(12-18)32-11-10-31-19/h4-9,12,15H,10-11,13-14H2,1-3H3,(H,24,28)/t15-/m0/s1. The Kier molecular flexibility index (Phi) is 7.42. The third-order valence-corrected chi connectivity index (χ3v) is 6.31. The van der Waals surface area contributed by atoms with Gasteiger partial charge in [-0.3, -0.25) is 13.9 Å². The van der Waals surface area contributed by atoms with Gasteiger partial charge < -0.3 is 19.7 Å². The normalized spacial score (nSPS) is 13.7. The Hall–Kier alpha value is -3.34. The number of hydrogen-bond donors (Lipinski definition) is 1. The van der Waals surface area contributed by atoms with Crippen LogP contribution in [0.4, 0.5) is 10.1 Å². The van der Waals surface area contributed by atoms with Gasteiger partial charge >= 0.3 is 0 Å². The Morgan fingerprint density at radius 1 is 1.09 bits per heavy atom. The molecule has 0 unspecified atom stereocenters. The number of benzene rings is 2.